The fraction of sp³-hybridized carbons (Fsp3) is 0.400. The van der Waals surface area contributed by atoms with Gasteiger partial charge in [0.25, 0.3) is 0 Å². The zero-order chi connectivity index (χ0) is 9.97. The van der Waals surface area contributed by atoms with Crippen LogP contribution in [0.5, 0.6) is 5.75 Å². The van der Waals surface area contributed by atoms with Crippen molar-refractivity contribution in [3.05, 3.63) is 23.2 Å². The van der Waals surface area contributed by atoms with Crippen LogP contribution in [0.4, 0.5) is 0 Å². The van der Waals surface area contributed by atoms with Gasteiger partial charge >= 0.3 is 0 Å². The average molecular weight is 230 g/mol. The Morgan fingerprint density at radius 3 is 3.29 bits per heavy atom. The molecule has 0 aliphatic carbocycles. The number of benzene rings is 1. The minimum Gasteiger partial charge on any atom is -0.486 e. The Labute approximate surface area is 93.1 Å². The zero-order valence-electron chi connectivity index (χ0n) is 7.92. The first kappa shape index (κ1) is 10.1. The summed E-state index contributed by atoms with van der Waals surface area (Å²) >= 11 is 7.65. The van der Waals surface area contributed by atoms with E-state index in [1.807, 2.05) is 18.2 Å². The molecule has 0 radical (unpaired) electrons. The van der Waals surface area contributed by atoms with E-state index in [0.29, 0.717) is 5.02 Å². The molecule has 1 aliphatic rings. The monoisotopic (exact) mass is 229 g/mol. The molecule has 0 fully saturated rings. The molecule has 0 unspecified atom stereocenters. The molecule has 1 N–H and O–H groups in total. The number of nitrogens with one attached hydrogen (secondary N) is 1. The molecule has 2 rings (SSSR count). The Morgan fingerprint density at radius 1 is 1.64 bits per heavy atom. The first-order valence-corrected chi connectivity index (χ1v) is 5.85. The first-order chi connectivity index (χ1) is 6.81. The maximum absolute atomic E-state index is 6.07. The largest absolute Gasteiger partial charge is 0.486 e. The molecule has 1 aliphatic heterocycles. The fourth-order valence-corrected chi connectivity index (χ4v) is 2.43. The lowest BCUT2D eigenvalue weighted by Gasteiger charge is -2.15. The van der Waals surface area contributed by atoms with Gasteiger partial charge in [-0.25, -0.2) is 0 Å². The van der Waals surface area contributed by atoms with Gasteiger partial charge in [0.2, 0.25) is 0 Å². The molecule has 1 aromatic carbocycles. The molecule has 1 heterocycles. The summed E-state index contributed by atoms with van der Waals surface area (Å²) in [6.07, 6.45) is 1.20. The maximum Gasteiger partial charge on any atom is 0.153 e. The van der Waals surface area contributed by atoms with E-state index in [9.17, 15) is 0 Å². The Hall–Kier alpha value is -0.380. The van der Waals surface area contributed by atoms with Gasteiger partial charge in [-0.2, -0.15) is 0 Å². The number of ether oxygens (including phenoxy) is 1. The molecule has 1 atom stereocenters. The van der Waals surface area contributed by atoms with Crippen molar-refractivity contribution in [2.45, 2.75) is 24.3 Å². The van der Waals surface area contributed by atoms with E-state index in [4.69, 9.17) is 16.3 Å². The van der Waals surface area contributed by atoms with Crippen LogP contribution in [0.3, 0.4) is 0 Å². The van der Waals surface area contributed by atoms with Crippen LogP contribution in [0.1, 0.15) is 13.3 Å². The summed E-state index contributed by atoms with van der Waals surface area (Å²) in [5.41, 5.74) is 0. The van der Waals surface area contributed by atoms with Crippen LogP contribution >= 0.6 is 23.5 Å². The van der Waals surface area contributed by atoms with Crippen molar-refractivity contribution >= 4 is 23.5 Å². The summed E-state index contributed by atoms with van der Waals surface area (Å²) < 4.78 is 9.09. The zero-order valence-corrected chi connectivity index (χ0v) is 9.49. The lowest BCUT2D eigenvalue weighted by atomic mass is 10.2. The summed E-state index contributed by atoms with van der Waals surface area (Å²) in [4.78, 5) is 1.06. The highest BCUT2D eigenvalue weighted by Crippen LogP contribution is 2.36. The molecular weight excluding hydrogens is 218 g/mol. The SMILES string of the molecule is CC[C@@H]1CNSc2cccc(Cl)c2O1. The van der Waals surface area contributed by atoms with E-state index in [1.165, 1.54) is 0 Å². The number of hydrogen-bond acceptors (Lipinski definition) is 3. The highest BCUT2D eigenvalue weighted by Gasteiger charge is 2.18. The quantitative estimate of drug-likeness (QED) is 0.748. The Balaban J connectivity index is 2.33. The fourth-order valence-electron chi connectivity index (χ4n) is 1.33. The Bertz CT molecular complexity index is 332. The Morgan fingerprint density at radius 2 is 2.50 bits per heavy atom. The van der Waals surface area contributed by atoms with E-state index in [2.05, 4.69) is 11.6 Å². The van der Waals surface area contributed by atoms with E-state index in [-0.39, 0.29) is 6.10 Å². The molecule has 2 nitrogen and oxygen atoms in total. The van der Waals surface area contributed by atoms with E-state index < -0.39 is 0 Å². The standard InChI is InChI=1S/C10H12ClNOS/c1-2-7-6-12-14-9-5-3-4-8(11)10(9)13-7/h3-5,7,12H,2,6H2,1H3/t7-/m1/s1. The maximum atomic E-state index is 6.07. The lowest BCUT2D eigenvalue weighted by molar-refractivity contribution is 0.200. The van der Waals surface area contributed by atoms with Crippen LogP contribution < -0.4 is 9.46 Å². The van der Waals surface area contributed by atoms with Gasteiger partial charge < -0.3 is 4.74 Å². The van der Waals surface area contributed by atoms with Gasteiger partial charge in [0, 0.05) is 6.54 Å². The molecule has 0 amide bonds. The summed E-state index contributed by atoms with van der Waals surface area (Å²) in [6, 6.07) is 5.81. The molecule has 4 heteroatoms. The van der Waals surface area contributed by atoms with E-state index >= 15 is 0 Å². The minimum atomic E-state index is 0.212. The average Bonchev–Trinajstić information content (AvgIpc) is 2.40. The van der Waals surface area contributed by atoms with Crippen LogP contribution in [0.15, 0.2) is 23.1 Å². The van der Waals surface area contributed by atoms with E-state index in [1.54, 1.807) is 11.9 Å². The Kier molecular flexibility index (Phi) is 3.21. The second-order valence-electron chi connectivity index (χ2n) is 3.17. The van der Waals surface area contributed by atoms with Crippen molar-refractivity contribution in [1.29, 1.82) is 0 Å². The molecule has 1 aromatic rings. The van der Waals surface area contributed by atoms with Crippen molar-refractivity contribution < 1.29 is 4.74 Å². The highest BCUT2D eigenvalue weighted by molar-refractivity contribution is 7.97. The summed E-state index contributed by atoms with van der Waals surface area (Å²) in [5, 5.41) is 0.692. The molecule has 0 bridgehead atoms. The molecule has 76 valence electrons. The normalized spacial score (nSPS) is 20.9. The van der Waals surface area contributed by atoms with Crippen LogP contribution in [0, 0.1) is 0 Å². The van der Waals surface area contributed by atoms with Crippen LogP contribution in [0.2, 0.25) is 5.02 Å². The van der Waals surface area contributed by atoms with Gasteiger partial charge in [-0.05, 0) is 30.5 Å². The van der Waals surface area contributed by atoms with Crippen molar-refractivity contribution in [2.75, 3.05) is 6.54 Å². The summed E-state index contributed by atoms with van der Waals surface area (Å²) in [7, 11) is 0. The molecular formula is C10H12ClNOS. The van der Waals surface area contributed by atoms with Gasteiger partial charge in [-0.15, -0.1) is 0 Å². The third-order valence-corrected chi connectivity index (χ3v) is 3.31. The second kappa shape index (κ2) is 4.43. The van der Waals surface area contributed by atoms with Gasteiger partial charge in [-0.1, -0.05) is 24.6 Å². The third-order valence-electron chi connectivity index (χ3n) is 2.16. The van der Waals surface area contributed by atoms with Crippen molar-refractivity contribution in [1.82, 2.24) is 4.72 Å². The van der Waals surface area contributed by atoms with Gasteiger partial charge in [-0.3, -0.25) is 4.72 Å². The number of para-hydroxylation sites is 1. The smallest absolute Gasteiger partial charge is 0.153 e. The number of halogens is 1. The van der Waals surface area contributed by atoms with Crippen molar-refractivity contribution in [3.8, 4) is 5.75 Å². The van der Waals surface area contributed by atoms with Gasteiger partial charge in [0.1, 0.15) is 6.10 Å². The van der Waals surface area contributed by atoms with Crippen LogP contribution in [-0.2, 0) is 0 Å². The van der Waals surface area contributed by atoms with E-state index in [0.717, 1.165) is 23.6 Å². The highest BCUT2D eigenvalue weighted by atomic mass is 35.5. The summed E-state index contributed by atoms with van der Waals surface area (Å²) in [6.45, 7) is 2.96. The first-order valence-electron chi connectivity index (χ1n) is 4.66. The molecule has 0 saturated carbocycles. The predicted molar refractivity (Wildman–Crippen MR) is 60.0 cm³/mol. The predicted octanol–water partition coefficient (Wildman–Crippen LogP) is 3.11. The minimum absolute atomic E-state index is 0.212. The van der Waals surface area contributed by atoms with Crippen LogP contribution in [-0.4, -0.2) is 12.6 Å². The number of hydrogen-bond donors (Lipinski definition) is 1. The molecule has 0 saturated heterocycles. The topological polar surface area (TPSA) is 21.3 Å². The van der Waals surface area contributed by atoms with Gasteiger partial charge in [0.05, 0.1) is 9.92 Å². The van der Waals surface area contributed by atoms with Crippen molar-refractivity contribution in [2.24, 2.45) is 0 Å². The summed E-state index contributed by atoms with van der Waals surface area (Å²) in [5.74, 6) is 0.816. The molecule has 14 heavy (non-hydrogen) atoms. The van der Waals surface area contributed by atoms with Gasteiger partial charge in [0.15, 0.2) is 5.75 Å². The van der Waals surface area contributed by atoms with Crippen LogP contribution in [0.25, 0.3) is 0 Å². The third kappa shape index (κ3) is 2.00. The number of fused-ring (bicyclic) bond motifs is 1. The number of rotatable bonds is 1. The van der Waals surface area contributed by atoms with Crippen molar-refractivity contribution in [3.63, 3.8) is 0 Å². The molecule has 0 aromatic heterocycles. The second-order valence-corrected chi connectivity index (χ2v) is 4.51. The molecule has 0 spiro atoms. The lowest BCUT2D eigenvalue weighted by Crippen LogP contribution is -2.25.